The van der Waals surface area contributed by atoms with Gasteiger partial charge in [-0.2, -0.15) is 5.10 Å². The number of hydrogen-bond acceptors (Lipinski definition) is 4. The van der Waals surface area contributed by atoms with Crippen LogP contribution in [-0.2, 0) is 13.5 Å². The Labute approximate surface area is 104 Å². The lowest BCUT2D eigenvalue weighted by Crippen LogP contribution is -2.04. The molecule has 0 bridgehead atoms. The number of anilines is 2. The zero-order chi connectivity index (χ0) is 13.1. The van der Waals surface area contributed by atoms with Crippen LogP contribution in [0.1, 0.15) is 23.0 Å². The van der Waals surface area contributed by atoms with Gasteiger partial charge < -0.3 is 10.4 Å². The zero-order valence-corrected chi connectivity index (χ0v) is 10.2. The van der Waals surface area contributed by atoms with E-state index in [0.717, 1.165) is 17.8 Å². The van der Waals surface area contributed by atoms with Gasteiger partial charge in [0.05, 0.1) is 11.4 Å². The maximum Gasteiger partial charge on any atom is 0.339 e. The van der Waals surface area contributed by atoms with Crippen LogP contribution >= 0.6 is 0 Å². The SMILES string of the molecule is CCc1nn(C)cc1Nc1ncccc1C(=O)O. The number of nitrogens with one attached hydrogen (secondary N) is 1. The second kappa shape index (κ2) is 4.87. The van der Waals surface area contributed by atoms with Gasteiger partial charge in [0.2, 0.25) is 0 Å². The van der Waals surface area contributed by atoms with Crippen LogP contribution in [-0.4, -0.2) is 25.8 Å². The molecular weight excluding hydrogens is 232 g/mol. The van der Waals surface area contributed by atoms with Crippen LogP contribution in [0.25, 0.3) is 0 Å². The van der Waals surface area contributed by atoms with Crippen molar-refractivity contribution in [2.75, 3.05) is 5.32 Å². The molecule has 2 rings (SSSR count). The van der Waals surface area contributed by atoms with Crippen molar-refractivity contribution in [3.05, 3.63) is 35.8 Å². The average Bonchev–Trinajstić information content (AvgIpc) is 2.70. The summed E-state index contributed by atoms with van der Waals surface area (Å²) in [5.41, 5.74) is 1.80. The highest BCUT2D eigenvalue weighted by molar-refractivity contribution is 5.93. The molecule has 6 heteroatoms. The predicted molar refractivity (Wildman–Crippen MR) is 67.1 cm³/mol. The number of aromatic carboxylic acids is 1. The van der Waals surface area contributed by atoms with Crippen LogP contribution in [0.3, 0.4) is 0 Å². The maximum absolute atomic E-state index is 11.1. The maximum atomic E-state index is 11.1. The summed E-state index contributed by atoms with van der Waals surface area (Å²) in [6, 6.07) is 3.11. The van der Waals surface area contributed by atoms with Crippen molar-refractivity contribution in [2.24, 2.45) is 7.05 Å². The Hall–Kier alpha value is -2.37. The largest absolute Gasteiger partial charge is 0.478 e. The van der Waals surface area contributed by atoms with Crippen molar-refractivity contribution in [1.29, 1.82) is 0 Å². The summed E-state index contributed by atoms with van der Waals surface area (Å²) in [5, 5.41) is 16.4. The van der Waals surface area contributed by atoms with Crippen molar-refractivity contribution in [1.82, 2.24) is 14.8 Å². The summed E-state index contributed by atoms with van der Waals surface area (Å²) in [7, 11) is 1.82. The molecule has 0 amide bonds. The van der Waals surface area contributed by atoms with Crippen LogP contribution in [0.15, 0.2) is 24.5 Å². The summed E-state index contributed by atoms with van der Waals surface area (Å²) in [5.74, 6) is -0.680. The van der Waals surface area contributed by atoms with E-state index in [1.807, 2.05) is 14.0 Å². The number of carboxylic acids is 1. The van der Waals surface area contributed by atoms with Gasteiger partial charge in [-0.05, 0) is 18.6 Å². The molecule has 0 spiro atoms. The van der Waals surface area contributed by atoms with Gasteiger partial charge >= 0.3 is 5.97 Å². The van der Waals surface area contributed by atoms with Gasteiger partial charge in [-0.15, -0.1) is 0 Å². The van der Waals surface area contributed by atoms with Crippen LogP contribution in [0.5, 0.6) is 0 Å². The molecular formula is C12H14N4O2. The average molecular weight is 246 g/mol. The number of aromatic nitrogens is 3. The van der Waals surface area contributed by atoms with Crippen molar-refractivity contribution >= 4 is 17.5 Å². The number of rotatable bonds is 4. The van der Waals surface area contributed by atoms with Crippen LogP contribution in [0.4, 0.5) is 11.5 Å². The third kappa shape index (κ3) is 2.32. The van der Waals surface area contributed by atoms with Crippen molar-refractivity contribution in [3.8, 4) is 0 Å². The lowest BCUT2D eigenvalue weighted by molar-refractivity contribution is 0.0697. The fraction of sp³-hybridized carbons (Fsp3) is 0.250. The van der Waals surface area contributed by atoms with Crippen molar-refractivity contribution in [2.45, 2.75) is 13.3 Å². The molecule has 94 valence electrons. The first-order valence-corrected chi connectivity index (χ1v) is 5.59. The fourth-order valence-corrected chi connectivity index (χ4v) is 1.71. The van der Waals surface area contributed by atoms with Crippen molar-refractivity contribution < 1.29 is 9.90 Å². The second-order valence-corrected chi connectivity index (χ2v) is 3.85. The number of aryl methyl sites for hydroxylation is 2. The molecule has 0 atom stereocenters. The topological polar surface area (TPSA) is 80.0 Å². The normalized spacial score (nSPS) is 10.3. The Kier molecular flexibility index (Phi) is 3.27. The fourth-order valence-electron chi connectivity index (χ4n) is 1.71. The molecule has 0 aliphatic carbocycles. The predicted octanol–water partition coefficient (Wildman–Crippen LogP) is 1.82. The van der Waals surface area contributed by atoms with Crippen molar-refractivity contribution in [3.63, 3.8) is 0 Å². The molecule has 2 aromatic heterocycles. The highest BCUT2D eigenvalue weighted by atomic mass is 16.4. The van der Waals surface area contributed by atoms with E-state index in [9.17, 15) is 4.79 Å². The van der Waals surface area contributed by atoms with E-state index in [2.05, 4.69) is 15.4 Å². The Morgan fingerprint density at radius 2 is 2.33 bits per heavy atom. The lowest BCUT2D eigenvalue weighted by Gasteiger charge is -2.07. The highest BCUT2D eigenvalue weighted by Gasteiger charge is 2.13. The Balaban J connectivity index is 2.36. The number of hydrogen-bond donors (Lipinski definition) is 2. The zero-order valence-electron chi connectivity index (χ0n) is 10.2. The minimum Gasteiger partial charge on any atom is -0.478 e. The first-order valence-electron chi connectivity index (χ1n) is 5.59. The summed E-state index contributed by atoms with van der Waals surface area (Å²) >= 11 is 0. The second-order valence-electron chi connectivity index (χ2n) is 3.85. The first kappa shape index (κ1) is 12.1. The Morgan fingerprint density at radius 1 is 1.56 bits per heavy atom. The number of carbonyl (C=O) groups is 1. The molecule has 18 heavy (non-hydrogen) atoms. The van der Waals surface area contributed by atoms with Gasteiger partial charge in [-0.1, -0.05) is 6.92 Å². The molecule has 0 saturated heterocycles. The van der Waals surface area contributed by atoms with E-state index in [0.29, 0.717) is 5.82 Å². The standard InChI is InChI=1S/C12H14N4O2/c1-3-9-10(7-16(2)15-9)14-11-8(12(17)18)5-4-6-13-11/h4-7H,3H2,1-2H3,(H,13,14)(H,17,18). The third-order valence-corrected chi connectivity index (χ3v) is 2.53. The molecule has 0 unspecified atom stereocenters. The summed E-state index contributed by atoms with van der Waals surface area (Å²) < 4.78 is 1.69. The van der Waals surface area contributed by atoms with Crippen LogP contribution in [0.2, 0.25) is 0 Å². The molecule has 6 nitrogen and oxygen atoms in total. The van der Waals surface area contributed by atoms with Crippen LogP contribution in [0, 0.1) is 0 Å². The molecule has 0 saturated carbocycles. The molecule has 0 aliphatic heterocycles. The molecule has 0 fully saturated rings. The molecule has 2 aromatic rings. The number of carboxylic acid groups (broad SMARTS) is 1. The Morgan fingerprint density at radius 3 is 3.00 bits per heavy atom. The van der Waals surface area contributed by atoms with Gasteiger partial charge in [-0.3, -0.25) is 4.68 Å². The first-order chi connectivity index (χ1) is 8.61. The molecule has 0 radical (unpaired) electrons. The van der Waals surface area contributed by atoms with E-state index in [4.69, 9.17) is 5.11 Å². The van der Waals surface area contributed by atoms with Gasteiger partial charge in [-0.25, -0.2) is 9.78 Å². The lowest BCUT2D eigenvalue weighted by atomic mass is 10.2. The monoisotopic (exact) mass is 246 g/mol. The van der Waals surface area contributed by atoms with Gasteiger partial charge in [0.25, 0.3) is 0 Å². The molecule has 2 N–H and O–H groups in total. The van der Waals surface area contributed by atoms with Crippen LogP contribution < -0.4 is 5.32 Å². The van der Waals surface area contributed by atoms with Gasteiger partial charge in [0.1, 0.15) is 11.4 Å². The van der Waals surface area contributed by atoms with E-state index in [-0.39, 0.29) is 5.56 Å². The number of nitrogens with zero attached hydrogens (tertiary/aromatic N) is 3. The highest BCUT2D eigenvalue weighted by Crippen LogP contribution is 2.21. The quantitative estimate of drug-likeness (QED) is 0.860. The molecule has 0 aliphatic rings. The summed E-state index contributed by atoms with van der Waals surface area (Å²) in [4.78, 5) is 15.1. The minimum absolute atomic E-state index is 0.142. The smallest absolute Gasteiger partial charge is 0.339 e. The van der Waals surface area contributed by atoms with E-state index < -0.39 is 5.97 Å². The van der Waals surface area contributed by atoms with E-state index in [1.165, 1.54) is 6.07 Å². The van der Waals surface area contributed by atoms with Gasteiger partial charge in [0.15, 0.2) is 0 Å². The summed E-state index contributed by atoms with van der Waals surface area (Å²) in [6.45, 7) is 1.99. The molecule has 2 heterocycles. The molecule has 0 aromatic carbocycles. The minimum atomic E-state index is -1.01. The number of pyridine rings is 1. The van der Waals surface area contributed by atoms with E-state index in [1.54, 1.807) is 23.1 Å². The summed E-state index contributed by atoms with van der Waals surface area (Å²) in [6.07, 6.45) is 4.12. The van der Waals surface area contributed by atoms with Gasteiger partial charge in [0, 0.05) is 19.4 Å². The van der Waals surface area contributed by atoms with E-state index >= 15 is 0 Å². The Bertz CT molecular complexity index is 577. The third-order valence-electron chi connectivity index (χ3n) is 2.53.